The minimum atomic E-state index is 0.132. The first kappa shape index (κ1) is 19.1. The van der Waals surface area contributed by atoms with E-state index in [0.29, 0.717) is 18.6 Å². The molecule has 3 aliphatic rings. The van der Waals surface area contributed by atoms with Gasteiger partial charge in [-0.2, -0.15) is 0 Å². The van der Waals surface area contributed by atoms with Gasteiger partial charge in [0, 0.05) is 37.5 Å². The number of likely N-dealkylation sites (tertiary alicyclic amines) is 1. The predicted molar refractivity (Wildman–Crippen MR) is 121 cm³/mol. The number of nitrogens with zero attached hydrogens (tertiary/aromatic N) is 3. The molecule has 3 aromatic rings. The number of nitrogens with one attached hydrogen (secondary N) is 1. The van der Waals surface area contributed by atoms with Crippen LogP contribution in [0.3, 0.4) is 0 Å². The van der Waals surface area contributed by atoms with E-state index in [2.05, 4.69) is 63.4 Å². The fraction of sp³-hybridized carbons (Fsp3) is 0.480. The zero-order valence-corrected chi connectivity index (χ0v) is 18.0. The quantitative estimate of drug-likeness (QED) is 0.672. The Morgan fingerprint density at radius 3 is 2.90 bits per heavy atom. The number of rotatable bonds is 5. The smallest absolute Gasteiger partial charge is 0.160 e. The van der Waals surface area contributed by atoms with Crippen LogP contribution < -0.4 is 10.1 Å². The summed E-state index contributed by atoms with van der Waals surface area (Å²) in [5.41, 5.74) is 4.54. The molecule has 0 radical (unpaired) electrons. The van der Waals surface area contributed by atoms with Gasteiger partial charge in [-0.15, -0.1) is 0 Å². The summed E-state index contributed by atoms with van der Waals surface area (Å²) in [6.45, 7) is 2.70. The molecule has 2 aromatic heterocycles. The van der Waals surface area contributed by atoms with Crippen molar-refractivity contribution >= 4 is 11.3 Å². The topological polar surface area (TPSA) is 51.0 Å². The number of aromatic nitrogens is 2. The van der Waals surface area contributed by atoms with Gasteiger partial charge in [-0.3, -0.25) is 4.90 Å². The highest BCUT2D eigenvalue weighted by molar-refractivity contribution is 5.69. The van der Waals surface area contributed by atoms with Gasteiger partial charge in [0.25, 0.3) is 0 Å². The molecule has 0 amide bonds. The molecule has 1 aromatic carbocycles. The van der Waals surface area contributed by atoms with E-state index in [-0.39, 0.29) is 12.1 Å². The van der Waals surface area contributed by atoms with Crippen molar-refractivity contribution in [3.63, 3.8) is 0 Å². The molecule has 1 saturated carbocycles. The molecule has 4 heterocycles. The van der Waals surface area contributed by atoms with E-state index >= 15 is 0 Å². The van der Waals surface area contributed by atoms with E-state index in [9.17, 15) is 0 Å². The van der Waals surface area contributed by atoms with Gasteiger partial charge < -0.3 is 19.2 Å². The second-order valence-corrected chi connectivity index (χ2v) is 9.13. The maximum atomic E-state index is 6.21. The molecule has 0 bridgehead atoms. The normalized spacial score (nSPS) is 26.4. The van der Waals surface area contributed by atoms with Gasteiger partial charge in [0.05, 0.1) is 29.6 Å². The largest absolute Gasteiger partial charge is 0.491 e. The van der Waals surface area contributed by atoms with Crippen LogP contribution in [0, 0.1) is 0 Å². The highest BCUT2D eigenvalue weighted by Gasteiger charge is 2.37. The van der Waals surface area contributed by atoms with Crippen molar-refractivity contribution in [2.24, 2.45) is 0 Å². The number of piperidine rings is 1. The third-order valence-electron chi connectivity index (χ3n) is 7.07. The molecule has 162 valence electrons. The molecule has 2 fully saturated rings. The Kier molecular flexibility index (Phi) is 4.84. The fourth-order valence-corrected chi connectivity index (χ4v) is 5.19. The first-order valence-electron chi connectivity index (χ1n) is 11.5. The Bertz CT molecular complexity index is 1080. The summed E-state index contributed by atoms with van der Waals surface area (Å²) in [6.07, 6.45) is 9.40. The number of methoxy groups -OCH3 is 1. The lowest BCUT2D eigenvalue weighted by Crippen LogP contribution is -2.53. The van der Waals surface area contributed by atoms with E-state index < -0.39 is 0 Å². The van der Waals surface area contributed by atoms with Gasteiger partial charge in [-0.05, 0) is 50.4 Å². The summed E-state index contributed by atoms with van der Waals surface area (Å²) < 4.78 is 14.1. The number of pyridine rings is 1. The van der Waals surface area contributed by atoms with Crippen LogP contribution in [0.15, 0.2) is 48.8 Å². The van der Waals surface area contributed by atoms with E-state index in [1.54, 1.807) is 0 Å². The van der Waals surface area contributed by atoms with E-state index in [1.807, 2.05) is 7.11 Å². The van der Waals surface area contributed by atoms with Crippen LogP contribution in [0.25, 0.3) is 5.65 Å². The molecule has 3 atom stereocenters. The van der Waals surface area contributed by atoms with Crippen molar-refractivity contribution in [3.05, 3.63) is 60.0 Å². The van der Waals surface area contributed by atoms with Crippen LogP contribution >= 0.6 is 0 Å². The summed E-state index contributed by atoms with van der Waals surface area (Å²) in [4.78, 5) is 7.54. The average Bonchev–Trinajstić information content (AvgIpc) is 3.58. The second kappa shape index (κ2) is 7.84. The highest BCUT2D eigenvalue weighted by atomic mass is 16.5. The monoisotopic (exact) mass is 418 g/mol. The lowest BCUT2D eigenvalue weighted by Gasteiger charge is -2.44. The number of fused-ring (bicyclic) bond motifs is 2. The van der Waals surface area contributed by atoms with Gasteiger partial charge in [0.15, 0.2) is 5.65 Å². The van der Waals surface area contributed by atoms with Gasteiger partial charge in [-0.25, -0.2) is 4.98 Å². The Morgan fingerprint density at radius 1 is 1.13 bits per heavy atom. The maximum absolute atomic E-state index is 6.21. The van der Waals surface area contributed by atoms with Gasteiger partial charge in [0.2, 0.25) is 0 Å². The van der Waals surface area contributed by atoms with E-state index in [0.717, 1.165) is 43.0 Å². The summed E-state index contributed by atoms with van der Waals surface area (Å²) in [6, 6.07) is 13.1. The molecule has 1 aliphatic carbocycles. The number of hydrogen-bond donors (Lipinski definition) is 1. The van der Waals surface area contributed by atoms with Crippen LogP contribution in [0.5, 0.6) is 5.75 Å². The van der Waals surface area contributed by atoms with Crippen LogP contribution in [-0.2, 0) is 4.74 Å². The van der Waals surface area contributed by atoms with Gasteiger partial charge >= 0.3 is 0 Å². The van der Waals surface area contributed by atoms with Crippen molar-refractivity contribution < 1.29 is 9.47 Å². The lowest BCUT2D eigenvalue weighted by molar-refractivity contribution is -0.00266. The maximum Gasteiger partial charge on any atom is 0.160 e. The second-order valence-electron chi connectivity index (χ2n) is 9.13. The van der Waals surface area contributed by atoms with E-state index in [4.69, 9.17) is 14.5 Å². The Labute approximate surface area is 183 Å². The third-order valence-corrected chi connectivity index (χ3v) is 7.07. The standard InChI is InChI=1S/C25H30N4O2/c1-30-18-6-4-12-28(14-18)22-16-31-23-9-3-2-7-19(23)24(22)26-20-8-5-13-29-15-21(17-10-11-17)27-25(20)29/h2-3,5,7-9,13,15,17-18,22,24,26H,4,6,10-12,14,16H2,1H3. The summed E-state index contributed by atoms with van der Waals surface area (Å²) in [5, 5.41) is 3.89. The van der Waals surface area contributed by atoms with Crippen molar-refractivity contribution in [1.82, 2.24) is 14.3 Å². The minimum Gasteiger partial charge on any atom is -0.491 e. The molecule has 2 aliphatic heterocycles. The van der Waals surface area contributed by atoms with Crippen LogP contribution in [0.1, 0.15) is 48.9 Å². The number of benzene rings is 1. The minimum absolute atomic E-state index is 0.132. The van der Waals surface area contributed by atoms with Crippen molar-refractivity contribution in [3.8, 4) is 5.75 Å². The molecule has 0 spiro atoms. The molecule has 6 rings (SSSR count). The third kappa shape index (κ3) is 3.58. The first-order valence-corrected chi connectivity index (χ1v) is 11.5. The molecular formula is C25H30N4O2. The van der Waals surface area contributed by atoms with Crippen LogP contribution in [0.4, 0.5) is 5.69 Å². The summed E-state index contributed by atoms with van der Waals surface area (Å²) >= 11 is 0. The van der Waals surface area contributed by atoms with Crippen LogP contribution in [0.2, 0.25) is 0 Å². The van der Waals surface area contributed by atoms with Crippen molar-refractivity contribution in [1.29, 1.82) is 0 Å². The molecule has 1 saturated heterocycles. The number of anilines is 1. The van der Waals surface area contributed by atoms with Crippen LogP contribution in [-0.4, -0.2) is 53.2 Å². The summed E-state index contributed by atoms with van der Waals surface area (Å²) in [7, 11) is 1.83. The average molecular weight is 419 g/mol. The zero-order chi connectivity index (χ0) is 20.8. The summed E-state index contributed by atoms with van der Waals surface area (Å²) in [5.74, 6) is 1.62. The zero-order valence-electron chi connectivity index (χ0n) is 18.0. The SMILES string of the molecule is COC1CCCN(C2COc3ccccc3C2Nc2cccn3cc(C4CC4)nc23)C1. The molecular weight excluding hydrogens is 388 g/mol. The number of para-hydroxylation sites is 1. The Morgan fingerprint density at radius 2 is 2.03 bits per heavy atom. The molecule has 31 heavy (non-hydrogen) atoms. The Balaban J connectivity index is 1.36. The molecule has 1 N–H and O–H groups in total. The van der Waals surface area contributed by atoms with Gasteiger partial charge in [0.1, 0.15) is 12.4 Å². The molecule has 6 nitrogen and oxygen atoms in total. The van der Waals surface area contributed by atoms with Crippen molar-refractivity contribution in [2.75, 3.05) is 32.1 Å². The highest BCUT2D eigenvalue weighted by Crippen LogP contribution is 2.41. The van der Waals surface area contributed by atoms with E-state index in [1.165, 1.54) is 24.1 Å². The number of hydrogen-bond acceptors (Lipinski definition) is 5. The lowest BCUT2D eigenvalue weighted by atomic mass is 9.93. The van der Waals surface area contributed by atoms with Gasteiger partial charge in [-0.1, -0.05) is 18.2 Å². The molecule has 3 unspecified atom stereocenters. The predicted octanol–water partition coefficient (Wildman–Crippen LogP) is 4.24. The Hall–Kier alpha value is -2.57. The fourth-order valence-electron chi connectivity index (χ4n) is 5.19. The van der Waals surface area contributed by atoms with Crippen molar-refractivity contribution in [2.45, 2.75) is 49.8 Å². The first-order chi connectivity index (χ1) is 15.3. The number of ether oxygens (including phenoxy) is 2. The molecule has 6 heteroatoms. The number of imidazole rings is 1.